The van der Waals surface area contributed by atoms with Crippen LogP contribution in [0.25, 0.3) is 23.1 Å². The first-order valence-corrected chi connectivity index (χ1v) is 9.45. The van der Waals surface area contributed by atoms with Crippen LogP contribution in [-0.4, -0.2) is 54.2 Å². The molecule has 2 amide bonds. The number of nitrogens with zero attached hydrogens (tertiary/aromatic N) is 2. The summed E-state index contributed by atoms with van der Waals surface area (Å²) in [6.45, 7) is 2.31. The second-order valence-corrected chi connectivity index (χ2v) is 6.65. The van der Waals surface area contributed by atoms with Gasteiger partial charge in [-0.2, -0.15) is 5.10 Å². The number of hydrogen-bond donors (Lipinski definition) is 2. The zero-order chi connectivity index (χ0) is 21.7. The van der Waals surface area contributed by atoms with E-state index in [9.17, 15) is 14.0 Å². The number of carbonyl (C=O) groups is 2. The number of benzene rings is 2. The van der Waals surface area contributed by atoms with E-state index in [0.29, 0.717) is 34.5 Å². The fourth-order valence-corrected chi connectivity index (χ4v) is 2.93. The molecular weight excluding hydrogens is 387 g/mol. The Morgan fingerprint density at radius 3 is 2.60 bits per heavy atom. The van der Waals surface area contributed by atoms with Crippen LogP contribution in [0.1, 0.15) is 28.5 Å². The fraction of sp³-hybridized carbons (Fsp3) is 0.227. The van der Waals surface area contributed by atoms with E-state index >= 15 is 0 Å². The SMILES string of the molecule is CCN(C)C(=O)CNC(=O)c1ccc2[nH]nc(C=Cc3ccc(F)cc3)c2c1OC. The first kappa shape index (κ1) is 21.0. The number of likely N-dealkylation sites (N-methyl/N-ethyl adjacent to an activating group) is 1. The van der Waals surface area contributed by atoms with Crippen molar-refractivity contribution in [2.45, 2.75) is 6.92 Å². The van der Waals surface area contributed by atoms with E-state index in [0.717, 1.165) is 5.56 Å². The third-order valence-corrected chi connectivity index (χ3v) is 4.76. The smallest absolute Gasteiger partial charge is 0.255 e. The summed E-state index contributed by atoms with van der Waals surface area (Å²) in [6, 6.07) is 9.42. The van der Waals surface area contributed by atoms with E-state index in [4.69, 9.17) is 4.74 Å². The van der Waals surface area contributed by atoms with Crippen molar-refractivity contribution in [3.05, 3.63) is 59.0 Å². The standard InChI is InChI=1S/C22H23FN4O3/c1-4-27(2)19(28)13-24-22(29)16-10-12-18-20(21(16)30-3)17(25-26-18)11-7-14-5-8-15(23)9-6-14/h5-12H,4,13H2,1-3H3,(H,24,29)(H,25,26). The van der Waals surface area contributed by atoms with Gasteiger partial charge in [0.25, 0.3) is 5.91 Å². The Labute approximate surface area is 173 Å². The molecule has 0 aliphatic heterocycles. The van der Waals surface area contributed by atoms with Crippen molar-refractivity contribution in [3.8, 4) is 5.75 Å². The zero-order valence-corrected chi connectivity index (χ0v) is 17.0. The van der Waals surface area contributed by atoms with Gasteiger partial charge in [0.2, 0.25) is 5.91 Å². The van der Waals surface area contributed by atoms with Gasteiger partial charge in [-0.05, 0) is 42.8 Å². The molecule has 8 heteroatoms. The Morgan fingerprint density at radius 2 is 1.93 bits per heavy atom. The number of carbonyl (C=O) groups excluding carboxylic acids is 2. The Balaban J connectivity index is 1.90. The first-order chi connectivity index (χ1) is 14.4. The molecule has 3 aromatic rings. The van der Waals surface area contributed by atoms with Crippen molar-refractivity contribution in [3.63, 3.8) is 0 Å². The molecule has 0 radical (unpaired) electrons. The molecule has 7 nitrogen and oxygen atoms in total. The Hall–Kier alpha value is -3.68. The molecule has 156 valence electrons. The molecular formula is C22H23FN4O3. The highest BCUT2D eigenvalue weighted by Crippen LogP contribution is 2.32. The second kappa shape index (κ2) is 9.21. The van der Waals surface area contributed by atoms with Crippen molar-refractivity contribution < 1.29 is 18.7 Å². The van der Waals surface area contributed by atoms with E-state index in [1.807, 2.05) is 6.92 Å². The quantitative estimate of drug-likeness (QED) is 0.627. The van der Waals surface area contributed by atoms with Gasteiger partial charge in [-0.1, -0.05) is 18.2 Å². The summed E-state index contributed by atoms with van der Waals surface area (Å²) in [6.07, 6.45) is 3.55. The van der Waals surface area contributed by atoms with Gasteiger partial charge in [0.1, 0.15) is 11.6 Å². The Kier molecular flexibility index (Phi) is 6.46. The maximum atomic E-state index is 13.1. The number of ether oxygens (including phenoxy) is 1. The Bertz CT molecular complexity index is 1090. The number of halogens is 1. The van der Waals surface area contributed by atoms with Gasteiger partial charge in [0.05, 0.1) is 35.8 Å². The fourth-order valence-electron chi connectivity index (χ4n) is 2.93. The van der Waals surface area contributed by atoms with Crippen LogP contribution in [-0.2, 0) is 4.79 Å². The third-order valence-electron chi connectivity index (χ3n) is 4.76. The largest absolute Gasteiger partial charge is 0.495 e. The summed E-state index contributed by atoms with van der Waals surface area (Å²) in [4.78, 5) is 26.2. The lowest BCUT2D eigenvalue weighted by Crippen LogP contribution is -2.38. The summed E-state index contributed by atoms with van der Waals surface area (Å²) in [5, 5.41) is 10.5. The van der Waals surface area contributed by atoms with Gasteiger partial charge in [-0.15, -0.1) is 0 Å². The lowest BCUT2D eigenvalue weighted by atomic mass is 10.1. The number of amides is 2. The van der Waals surface area contributed by atoms with Crippen molar-refractivity contribution in [2.24, 2.45) is 0 Å². The topological polar surface area (TPSA) is 87.3 Å². The van der Waals surface area contributed by atoms with Crippen LogP contribution in [0.5, 0.6) is 5.75 Å². The number of hydrogen-bond acceptors (Lipinski definition) is 4. The molecule has 0 unspecified atom stereocenters. The summed E-state index contributed by atoms with van der Waals surface area (Å²) in [7, 11) is 3.15. The predicted molar refractivity (Wildman–Crippen MR) is 114 cm³/mol. The Morgan fingerprint density at radius 1 is 1.20 bits per heavy atom. The normalized spacial score (nSPS) is 11.1. The van der Waals surface area contributed by atoms with Crippen LogP contribution < -0.4 is 10.1 Å². The summed E-state index contributed by atoms with van der Waals surface area (Å²) in [5.74, 6) is -0.550. The predicted octanol–water partition coefficient (Wildman–Crippen LogP) is 3.09. The molecule has 30 heavy (non-hydrogen) atoms. The lowest BCUT2D eigenvalue weighted by molar-refractivity contribution is -0.128. The number of H-pyrrole nitrogens is 1. The van der Waals surface area contributed by atoms with Crippen molar-refractivity contribution >= 4 is 34.9 Å². The average molecular weight is 410 g/mol. The lowest BCUT2D eigenvalue weighted by Gasteiger charge is -2.15. The molecule has 1 aromatic heterocycles. The molecule has 0 saturated carbocycles. The summed E-state index contributed by atoms with van der Waals surface area (Å²) in [5.41, 5.74) is 2.38. The summed E-state index contributed by atoms with van der Waals surface area (Å²) < 4.78 is 18.6. The third kappa shape index (κ3) is 4.48. The maximum Gasteiger partial charge on any atom is 0.255 e. The van der Waals surface area contributed by atoms with E-state index < -0.39 is 5.91 Å². The minimum absolute atomic E-state index is 0.104. The van der Waals surface area contributed by atoms with Gasteiger partial charge in [0, 0.05) is 13.6 Å². The highest BCUT2D eigenvalue weighted by molar-refractivity contribution is 6.06. The number of methoxy groups -OCH3 is 1. The van der Waals surface area contributed by atoms with Crippen LogP contribution in [0, 0.1) is 5.82 Å². The molecule has 0 aliphatic carbocycles. The molecule has 2 aromatic carbocycles. The second-order valence-electron chi connectivity index (χ2n) is 6.65. The molecule has 0 spiro atoms. The van der Waals surface area contributed by atoms with Crippen molar-refractivity contribution in [2.75, 3.05) is 27.2 Å². The maximum absolute atomic E-state index is 13.1. The monoisotopic (exact) mass is 410 g/mol. The molecule has 3 rings (SSSR count). The van der Waals surface area contributed by atoms with E-state index in [-0.39, 0.29) is 18.3 Å². The zero-order valence-electron chi connectivity index (χ0n) is 17.0. The van der Waals surface area contributed by atoms with Gasteiger partial charge in [-0.25, -0.2) is 4.39 Å². The molecule has 0 saturated heterocycles. The minimum Gasteiger partial charge on any atom is -0.495 e. The van der Waals surface area contributed by atoms with Gasteiger partial charge >= 0.3 is 0 Å². The van der Waals surface area contributed by atoms with Crippen LogP contribution in [0.15, 0.2) is 36.4 Å². The van der Waals surface area contributed by atoms with Crippen LogP contribution in [0.2, 0.25) is 0 Å². The molecule has 0 fully saturated rings. The molecule has 1 heterocycles. The van der Waals surface area contributed by atoms with Crippen LogP contribution in [0.3, 0.4) is 0 Å². The number of aromatic nitrogens is 2. The van der Waals surface area contributed by atoms with E-state index in [1.165, 1.54) is 24.1 Å². The van der Waals surface area contributed by atoms with Gasteiger partial charge in [0.15, 0.2) is 0 Å². The highest BCUT2D eigenvalue weighted by Gasteiger charge is 2.19. The number of fused-ring (bicyclic) bond motifs is 1. The number of aromatic amines is 1. The van der Waals surface area contributed by atoms with Crippen LogP contribution >= 0.6 is 0 Å². The highest BCUT2D eigenvalue weighted by atomic mass is 19.1. The molecule has 0 atom stereocenters. The molecule has 0 bridgehead atoms. The van der Waals surface area contributed by atoms with Crippen molar-refractivity contribution in [1.82, 2.24) is 20.4 Å². The number of rotatable bonds is 7. The van der Waals surface area contributed by atoms with E-state index in [1.54, 1.807) is 43.5 Å². The summed E-state index contributed by atoms with van der Waals surface area (Å²) >= 11 is 0. The molecule has 0 aliphatic rings. The van der Waals surface area contributed by atoms with Gasteiger partial charge < -0.3 is 15.0 Å². The van der Waals surface area contributed by atoms with Crippen molar-refractivity contribution in [1.29, 1.82) is 0 Å². The number of nitrogens with one attached hydrogen (secondary N) is 2. The van der Waals surface area contributed by atoms with Gasteiger partial charge in [-0.3, -0.25) is 14.7 Å². The first-order valence-electron chi connectivity index (χ1n) is 9.45. The van der Waals surface area contributed by atoms with Crippen LogP contribution in [0.4, 0.5) is 4.39 Å². The van der Waals surface area contributed by atoms with E-state index in [2.05, 4.69) is 15.5 Å². The minimum atomic E-state index is -0.415. The molecule has 2 N–H and O–H groups in total. The average Bonchev–Trinajstić information content (AvgIpc) is 3.18.